The van der Waals surface area contributed by atoms with E-state index >= 15 is 0 Å². The molecular formula is C35H24N2O2. The molecule has 0 fully saturated rings. The van der Waals surface area contributed by atoms with Gasteiger partial charge in [0, 0.05) is 16.5 Å². The summed E-state index contributed by atoms with van der Waals surface area (Å²) in [5.74, 6) is 0.216. The number of hydrogen-bond acceptors (Lipinski definition) is 4. The molecule has 1 aromatic heterocycles. The zero-order valence-corrected chi connectivity index (χ0v) is 21.0. The lowest BCUT2D eigenvalue weighted by Crippen LogP contribution is -2.11. The van der Waals surface area contributed by atoms with Gasteiger partial charge < -0.3 is 10.2 Å². The van der Waals surface area contributed by atoms with Crippen molar-refractivity contribution in [3.05, 3.63) is 144 Å². The van der Waals surface area contributed by atoms with Crippen LogP contribution < -0.4 is 0 Å². The molecule has 1 atom stereocenters. The summed E-state index contributed by atoms with van der Waals surface area (Å²) in [5.41, 5.74) is 8.59. The van der Waals surface area contributed by atoms with Crippen LogP contribution in [0.3, 0.4) is 0 Å². The van der Waals surface area contributed by atoms with Gasteiger partial charge in [0.2, 0.25) is 0 Å². The fourth-order valence-electron chi connectivity index (χ4n) is 5.55. The highest BCUT2D eigenvalue weighted by molar-refractivity contribution is 6.16. The van der Waals surface area contributed by atoms with Crippen LogP contribution >= 0.6 is 0 Å². The van der Waals surface area contributed by atoms with Crippen molar-refractivity contribution in [1.29, 1.82) is 0 Å². The standard InChI is InChI=1S/C35H24N2O2/c38-30-17-9-7-15-25(30)29-21-28(22-11-3-1-4-12-22)24-19-20-27-32(23-13-5-2-6-14-23)33(37-35(27)34(24)36-29)26-16-8-10-18-31(26)39/h1-21,32,38-39H. The van der Waals surface area contributed by atoms with Gasteiger partial charge in [0.1, 0.15) is 11.5 Å². The van der Waals surface area contributed by atoms with Crippen LogP contribution in [-0.2, 0) is 0 Å². The molecule has 2 heterocycles. The Kier molecular flexibility index (Phi) is 5.45. The lowest BCUT2D eigenvalue weighted by molar-refractivity contribution is 0.474. The molecule has 0 saturated carbocycles. The quantitative estimate of drug-likeness (QED) is 0.254. The number of rotatable bonds is 4. The van der Waals surface area contributed by atoms with Gasteiger partial charge in [0.05, 0.1) is 28.5 Å². The van der Waals surface area contributed by atoms with E-state index in [-0.39, 0.29) is 17.4 Å². The third-order valence-electron chi connectivity index (χ3n) is 7.38. The molecule has 0 amide bonds. The van der Waals surface area contributed by atoms with Crippen molar-refractivity contribution in [1.82, 2.24) is 4.98 Å². The normalized spacial score (nSPS) is 14.3. The van der Waals surface area contributed by atoms with Crippen molar-refractivity contribution in [2.75, 3.05) is 0 Å². The second-order valence-corrected chi connectivity index (χ2v) is 9.70. The van der Waals surface area contributed by atoms with E-state index in [0.29, 0.717) is 16.8 Å². The summed E-state index contributed by atoms with van der Waals surface area (Å²) in [6.45, 7) is 0. The van der Waals surface area contributed by atoms with E-state index < -0.39 is 0 Å². The second kappa shape index (κ2) is 9.26. The van der Waals surface area contributed by atoms with Gasteiger partial charge in [-0.15, -0.1) is 0 Å². The highest BCUT2D eigenvalue weighted by Gasteiger charge is 2.33. The highest BCUT2D eigenvalue weighted by atomic mass is 16.3. The Morgan fingerprint density at radius 2 is 1.18 bits per heavy atom. The summed E-state index contributed by atoms with van der Waals surface area (Å²) in [7, 11) is 0. The maximum atomic E-state index is 10.8. The fraction of sp³-hybridized carbons (Fsp3) is 0.0286. The van der Waals surface area contributed by atoms with Gasteiger partial charge in [-0.3, -0.25) is 0 Å². The third kappa shape index (κ3) is 3.85. The van der Waals surface area contributed by atoms with Crippen LogP contribution in [-0.4, -0.2) is 20.9 Å². The Labute approximate surface area is 226 Å². The number of para-hydroxylation sites is 2. The first-order chi connectivity index (χ1) is 19.2. The van der Waals surface area contributed by atoms with Crippen molar-refractivity contribution in [3.63, 3.8) is 0 Å². The lowest BCUT2D eigenvalue weighted by atomic mass is 9.84. The Morgan fingerprint density at radius 1 is 0.564 bits per heavy atom. The van der Waals surface area contributed by atoms with E-state index in [0.717, 1.165) is 44.6 Å². The lowest BCUT2D eigenvalue weighted by Gasteiger charge is -2.17. The van der Waals surface area contributed by atoms with Crippen LogP contribution in [0.25, 0.3) is 33.3 Å². The van der Waals surface area contributed by atoms with E-state index in [1.54, 1.807) is 12.1 Å². The average molecular weight is 505 g/mol. The second-order valence-electron chi connectivity index (χ2n) is 9.70. The molecule has 0 radical (unpaired) electrons. The van der Waals surface area contributed by atoms with E-state index in [1.165, 1.54) is 0 Å². The molecule has 0 saturated heterocycles. The number of phenolic OH excluding ortho intramolecular Hbond substituents is 2. The van der Waals surface area contributed by atoms with Crippen molar-refractivity contribution < 1.29 is 10.2 Å². The molecule has 1 aliphatic rings. The number of aliphatic imine (C=N–C) groups is 1. The van der Waals surface area contributed by atoms with Gasteiger partial charge in [-0.25, -0.2) is 9.98 Å². The highest BCUT2D eigenvalue weighted by Crippen LogP contribution is 2.48. The first-order valence-corrected chi connectivity index (χ1v) is 12.9. The Bertz CT molecular complexity index is 1880. The summed E-state index contributed by atoms with van der Waals surface area (Å²) in [5, 5.41) is 22.5. The summed E-state index contributed by atoms with van der Waals surface area (Å²) in [6.07, 6.45) is 0. The molecule has 7 rings (SSSR count). The zero-order chi connectivity index (χ0) is 26.3. The zero-order valence-electron chi connectivity index (χ0n) is 21.0. The molecule has 4 nitrogen and oxygen atoms in total. The van der Waals surface area contributed by atoms with E-state index in [2.05, 4.69) is 36.4 Å². The van der Waals surface area contributed by atoms with E-state index in [9.17, 15) is 10.2 Å². The SMILES string of the molecule is Oc1ccccc1C1=Nc2c(ccc3c(-c4ccccc4)cc(-c4ccccc4O)nc23)C1c1ccccc1. The van der Waals surface area contributed by atoms with Gasteiger partial charge in [0.15, 0.2) is 0 Å². The third-order valence-corrected chi connectivity index (χ3v) is 7.38. The monoisotopic (exact) mass is 504 g/mol. The largest absolute Gasteiger partial charge is 0.507 e. The van der Waals surface area contributed by atoms with Crippen LogP contribution in [0.2, 0.25) is 0 Å². The molecule has 6 aromatic rings. The molecule has 5 aromatic carbocycles. The summed E-state index contributed by atoms with van der Waals surface area (Å²) in [6, 6.07) is 41.4. The maximum Gasteiger partial charge on any atom is 0.124 e. The molecule has 186 valence electrons. The topological polar surface area (TPSA) is 65.7 Å². The number of fused-ring (bicyclic) bond motifs is 3. The number of benzene rings is 5. The van der Waals surface area contributed by atoms with Gasteiger partial charge >= 0.3 is 0 Å². The maximum absolute atomic E-state index is 10.8. The number of aromatic hydroxyl groups is 2. The number of phenols is 2. The minimum Gasteiger partial charge on any atom is -0.507 e. The predicted molar refractivity (Wildman–Crippen MR) is 157 cm³/mol. The van der Waals surface area contributed by atoms with Crippen LogP contribution in [0.5, 0.6) is 11.5 Å². The molecule has 39 heavy (non-hydrogen) atoms. The minimum absolute atomic E-state index is 0.158. The van der Waals surface area contributed by atoms with E-state index in [1.807, 2.05) is 78.9 Å². The van der Waals surface area contributed by atoms with Gasteiger partial charge in [-0.1, -0.05) is 97.1 Å². The van der Waals surface area contributed by atoms with Crippen LogP contribution in [0.1, 0.15) is 22.6 Å². The van der Waals surface area contributed by atoms with Crippen molar-refractivity contribution >= 4 is 22.3 Å². The molecule has 4 heteroatoms. The first-order valence-electron chi connectivity index (χ1n) is 12.9. The van der Waals surface area contributed by atoms with Crippen molar-refractivity contribution in [2.24, 2.45) is 4.99 Å². The fourth-order valence-corrected chi connectivity index (χ4v) is 5.55. The summed E-state index contributed by atoms with van der Waals surface area (Å²) >= 11 is 0. The molecular weight excluding hydrogens is 480 g/mol. The Hall–Kier alpha value is -5.22. The molecule has 2 N–H and O–H groups in total. The van der Waals surface area contributed by atoms with Gasteiger partial charge in [-0.2, -0.15) is 0 Å². The van der Waals surface area contributed by atoms with Crippen molar-refractivity contribution in [3.8, 4) is 33.9 Å². The van der Waals surface area contributed by atoms with Crippen LogP contribution in [0, 0.1) is 0 Å². The summed E-state index contributed by atoms with van der Waals surface area (Å²) < 4.78 is 0. The van der Waals surface area contributed by atoms with Crippen LogP contribution in [0.4, 0.5) is 5.69 Å². The van der Waals surface area contributed by atoms with Gasteiger partial charge in [-0.05, 0) is 52.6 Å². The number of nitrogens with zero attached hydrogens (tertiary/aromatic N) is 2. The number of hydrogen-bond donors (Lipinski definition) is 2. The number of aromatic nitrogens is 1. The van der Waals surface area contributed by atoms with Gasteiger partial charge in [0.25, 0.3) is 0 Å². The van der Waals surface area contributed by atoms with E-state index in [4.69, 9.17) is 9.98 Å². The molecule has 1 aliphatic heterocycles. The molecule has 0 aliphatic carbocycles. The number of pyridine rings is 1. The van der Waals surface area contributed by atoms with Crippen LogP contribution in [0.15, 0.2) is 132 Å². The minimum atomic E-state index is -0.158. The Morgan fingerprint density at radius 3 is 1.87 bits per heavy atom. The Balaban J connectivity index is 1.56. The first kappa shape index (κ1) is 22.9. The molecule has 1 unspecified atom stereocenters. The van der Waals surface area contributed by atoms with Crippen molar-refractivity contribution in [2.45, 2.75) is 5.92 Å². The summed E-state index contributed by atoms with van der Waals surface area (Å²) in [4.78, 5) is 10.3. The average Bonchev–Trinajstić information content (AvgIpc) is 3.38. The molecule has 0 bridgehead atoms. The molecule has 0 spiro atoms. The predicted octanol–water partition coefficient (Wildman–Crippen LogP) is 8.25. The smallest absolute Gasteiger partial charge is 0.124 e.